The zero-order valence-electron chi connectivity index (χ0n) is 45.9. The quantitative estimate of drug-likeness (QED) is 0.0165. The summed E-state index contributed by atoms with van der Waals surface area (Å²) >= 11 is 0. The van der Waals surface area contributed by atoms with Gasteiger partial charge in [-0.15, -0.1) is 0 Å². The van der Waals surface area contributed by atoms with Crippen molar-refractivity contribution >= 4 is 31.6 Å². The number of rotatable bonds is 49. The molecular formula is C56H106NO14P. The predicted molar refractivity (Wildman–Crippen MR) is 284 cm³/mol. The Kier molecular flexibility index (Phi) is 42.5. The summed E-state index contributed by atoms with van der Waals surface area (Å²) in [6.07, 6.45) is 28.1. The minimum atomic E-state index is -5.34. The molecule has 1 rings (SSSR count). The summed E-state index contributed by atoms with van der Waals surface area (Å²) in [5.74, 6) is -2.46. The fourth-order valence-electron chi connectivity index (χ4n) is 9.55. The molecule has 72 heavy (non-hydrogen) atoms. The maximum atomic E-state index is 13.9. The Morgan fingerprint density at radius 2 is 0.847 bits per heavy atom. The maximum Gasteiger partial charge on any atom is 0.470 e. The number of aliphatic hydroxyl groups is 2. The Bertz CT molecular complexity index is 1400. The number of phosphoric ester groups is 1. The molecule has 0 aromatic heterocycles. The number of hydrogen-bond donors (Lipinski definition) is 5. The SMILES string of the molecule is CCCCCCCCCCC[C@H](CC(=O)N[C@@H]1[C@@H](OC(=O)C[C@@H](CCCCCCCCCCC)OC(=O)CCCCCCCCCC)[C@H](OP(=O)(O)O)[C@@H](CO)O[C@H]1O)OC(=O)CCCCCCCCCC. The van der Waals surface area contributed by atoms with Gasteiger partial charge in [0.15, 0.2) is 12.4 Å². The minimum Gasteiger partial charge on any atom is -0.462 e. The number of hydrogen-bond acceptors (Lipinski definition) is 12. The first-order valence-electron chi connectivity index (χ1n) is 29.3. The Balaban J connectivity index is 3.20. The van der Waals surface area contributed by atoms with Crippen LogP contribution in [-0.4, -0.2) is 93.3 Å². The first kappa shape index (κ1) is 67.9. The van der Waals surface area contributed by atoms with Crippen LogP contribution in [-0.2, 0) is 47.2 Å². The van der Waals surface area contributed by atoms with Crippen LogP contribution in [0.4, 0.5) is 0 Å². The summed E-state index contributed by atoms with van der Waals surface area (Å²) in [7, 11) is -5.34. The minimum absolute atomic E-state index is 0.198. The summed E-state index contributed by atoms with van der Waals surface area (Å²) in [6.45, 7) is 7.86. The second-order valence-corrected chi connectivity index (χ2v) is 21.9. The van der Waals surface area contributed by atoms with Crippen molar-refractivity contribution in [1.29, 1.82) is 0 Å². The monoisotopic (exact) mass is 1050 g/mol. The highest BCUT2D eigenvalue weighted by Gasteiger charge is 2.51. The lowest BCUT2D eigenvalue weighted by molar-refractivity contribution is -0.256. The van der Waals surface area contributed by atoms with E-state index >= 15 is 0 Å². The zero-order chi connectivity index (χ0) is 53.1. The van der Waals surface area contributed by atoms with Crippen LogP contribution in [0.2, 0.25) is 0 Å². The average Bonchev–Trinajstić information content (AvgIpc) is 3.33. The standard InChI is InChI=1S/C56H106NO14P/c1-5-9-13-17-21-25-27-31-35-39-46(67-50(60)41-37-33-29-23-19-15-11-7-3)43-49(59)57-53-55(54(71-72(64,65)66)48(45-58)69-56(53)63)70-52(62)44-47(40-36-32-28-26-22-18-14-10-6-2)68-51(61)42-38-34-30-24-20-16-12-8-4/h46-48,53-56,58,63H,5-45H2,1-4H3,(H,57,59)(H2,64,65,66)/t46-,47-,48-,53-,54-,55-,56-/m1/s1. The largest absolute Gasteiger partial charge is 0.470 e. The molecule has 0 saturated carbocycles. The molecule has 7 atom stereocenters. The molecule has 5 N–H and O–H groups in total. The van der Waals surface area contributed by atoms with E-state index in [9.17, 15) is 43.7 Å². The summed E-state index contributed by atoms with van der Waals surface area (Å²) in [4.78, 5) is 74.1. The first-order chi connectivity index (χ1) is 34.8. The zero-order valence-corrected chi connectivity index (χ0v) is 46.7. The number of aliphatic hydroxyl groups excluding tert-OH is 2. The Labute approximate surface area is 436 Å². The van der Waals surface area contributed by atoms with Crippen molar-refractivity contribution in [3.63, 3.8) is 0 Å². The fourth-order valence-corrected chi connectivity index (χ4v) is 10.1. The number of nitrogens with one attached hydrogen (secondary N) is 1. The van der Waals surface area contributed by atoms with Crippen LogP contribution in [0.15, 0.2) is 0 Å². The van der Waals surface area contributed by atoms with Gasteiger partial charge in [-0.1, -0.05) is 220 Å². The van der Waals surface area contributed by atoms with Gasteiger partial charge in [0.2, 0.25) is 5.91 Å². The van der Waals surface area contributed by atoms with E-state index in [1.807, 2.05) is 0 Å². The molecule has 1 aliphatic heterocycles. The normalized spacial score (nSPS) is 18.9. The van der Waals surface area contributed by atoms with Crippen molar-refractivity contribution in [1.82, 2.24) is 5.32 Å². The van der Waals surface area contributed by atoms with Crippen molar-refractivity contribution in [2.75, 3.05) is 6.61 Å². The van der Waals surface area contributed by atoms with E-state index in [0.717, 1.165) is 89.9 Å². The predicted octanol–water partition coefficient (Wildman–Crippen LogP) is 13.1. The van der Waals surface area contributed by atoms with Crippen LogP contribution in [0.25, 0.3) is 0 Å². The van der Waals surface area contributed by atoms with Crippen molar-refractivity contribution in [3.05, 3.63) is 0 Å². The molecule has 1 fully saturated rings. The lowest BCUT2D eigenvalue weighted by atomic mass is 9.96. The molecule has 0 aromatic carbocycles. The molecule has 0 radical (unpaired) electrons. The third-order valence-corrected chi connectivity index (χ3v) is 14.3. The number of carbonyl (C=O) groups excluding carboxylic acids is 4. The van der Waals surface area contributed by atoms with Gasteiger partial charge >= 0.3 is 25.7 Å². The maximum absolute atomic E-state index is 13.9. The highest BCUT2D eigenvalue weighted by molar-refractivity contribution is 7.46. The Morgan fingerprint density at radius 3 is 1.21 bits per heavy atom. The lowest BCUT2D eigenvalue weighted by Gasteiger charge is -2.43. The third kappa shape index (κ3) is 36.8. The van der Waals surface area contributed by atoms with Gasteiger partial charge in [-0.05, 0) is 38.5 Å². The van der Waals surface area contributed by atoms with Gasteiger partial charge in [0.1, 0.15) is 30.5 Å². The molecule has 0 unspecified atom stereocenters. The second kappa shape index (κ2) is 45.1. The molecule has 0 aromatic rings. The van der Waals surface area contributed by atoms with E-state index in [4.69, 9.17) is 23.5 Å². The van der Waals surface area contributed by atoms with Crippen LogP contribution in [0.1, 0.15) is 285 Å². The van der Waals surface area contributed by atoms with Gasteiger partial charge in [-0.25, -0.2) is 4.57 Å². The molecule has 1 amide bonds. The smallest absolute Gasteiger partial charge is 0.462 e. The third-order valence-electron chi connectivity index (χ3n) is 13.8. The first-order valence-corrected chi connectivity index (χ1v) is 30.9. The van der Waals surface area contributed by atoms with E-state index in [-0.39, 0.29) is 19.3 Å². The number of amides is 1. The summed E-state index contributed by atoms with van der Waals surface area (Å²) < 4.78 is 40.6. The number of unbranched alkanes of at least 4 members (excludes halogenated alkanes) is 30. The van der Waals surface area contributed by atoms with Gasteiger partial charge < -0.3 is 44.3 Å². The summed E-state index contributed by atoms with van der Waals surface area (Å²) in [6, 6.07) is -1.62. The van der Waals surface area contributed by atoms with Crippen LogP contribution >= 0.6 is 7.82 Å². The van der Waals surface area contributed by atoms with E-state index in [0.29, 0.717) is 38.5 Å². The fraction of sp³-hybridized carbons (Fsp3) is 0.929. The molecule has 16 heteroatoms. The van der Waals surface area contributed by atoms with Crippen molar-refractivity contribution < 1.29 is 67.2 Å². The van der Waals surface area contributed by atoms with Crippen LogP contribution in [0, 0.1) is 0 Å². The Morgan fingerprint density at radius 1 is 0.500 bits per heavy atom. The molecule has 0 bridgehead atoms. The van der Waals surface area contributed by atoms with E-state index < -0.39 is 87.5 Å². The highest BCUT2D eigenvalue weighted by atomic mass is 31.2. The Hall–Kier alpha value is -2.13. The molecule has 1 saturated heterocycles. The van der Waals surface area contributed by atoms with E-state index in [2.05, 4.69) is 33.0 Å². The van der Waals surface area contributed by atoms with Crippen LogP contribution < -0.4 is 5.32 Å². The lowest BCUT2D eigenvalue weighted by Crippen LogP contribution is -2.65. The second-order valence-electron chi connectivity index (χ2n) is 20.7. The number of carbonyl (C=O) groups is 4. The highest BCUT2D eigenvalue weighted by Crippen LogP contribution is 2.42. The van der Waals surface area contributed by atoms with Gasteiger partial charge in [-0.3, -0.25) is 23.7 Å². The molecule has 424 valence electrons. The van der Waals surface area contributed by atoms with Crippen molar-refractivity contribution in [2.24, 2.45) is 0 Å². The van der Waals surface area contributed by atoms with E-state index in [1.165, 1.54) is 103 Å². The van der Waals surface area contributed by atoms with Gasteiger partial charge in [0, 0.05) is 12.8 Å². The molecule has 0 aliphatic carbocycles. The molecule has 1 heterocycles. The topological polar surface area (TPSA) is 224 Å². The molecule has 0 spiro atoms. The van der Waals surface area contributed by atoms with Crippen LogP contribution in [0.5, 0.6) is 0 Å². The number of phosphoric acid groups is 1. The average molecular weight is 1050 g/mol. The van der Waals surface area contributed by atoms with Gasteiger partial charge in [-0.2, -0.15) is 0 Å². The van der Waals surface area contributed by atoms with Crippen LogP contribution in [0.3, 0.4) is 0 Å². The molecular weight excluding hydrogens is 942 g/mol. The molecule has 15 nitrogen and oxygen atoms in total. The van der Waals surface area contributed by atoms with Gasteiger partial charge in [0.25, 0.3) is 0 Å². The number of esters is 3. The summed E-state index contributed by atoms with van der Waals surface area (Å²) in [5, 5.41) is 24.1. The number of ether oxygens (including phenoxy) is 4. The van der Waals surface area contributed by atoms with Crippen molar-refractivity contribution in [3.8, 4) is 0 Å². The molecule has 1 aliphatic rings. The van der Waals surface area contributed by atoms with Gasteiger partial charge in [0.05, 0.1) is 19.4 Å². The van der Waals surface area contributed by atoms with Crippen molar-refractivity contribution in [2.45, 2.75) is 327 Å². The summed E-state index contributed by atoms with van der Waals surface area (Å²) in [5.41, 5.74) is 0. The van der Waals surface area contributed by atoms with E-state index in [1.54, 1.807) is 0 Å².